The molecule has 0 saturated carbocycles. The summed E-state index contributed by atoms with van der Waals surface area (Å²) in [4.78, 5) is 36.0. The van der Waals surface area contributed by atoms with Crippen LogP contribution in [0.15, 0.2) is 77.9 Å². The predicted molar refractivity (Wildman–Crippen MR) is 119 cm³/mol. The number of esters is 1. The molecule has 0 saturated heterocycles. The maximum Gasteiger partial charge on any atom is 0.343 e. The highest BCUT2D eigenvalue weighted by Gasteiger charge is 2.13. The fraction of sp³-hybridized carbons (Fsp3) is 0. The van der Waals surface area contributed by atoms with Crippen LogP contribution in [0.3, 0.4) is 0 Å². The van der Waals surface area contributed by atoms with E-state index in [1.54, 1.807) is 60.7 Å². The molecule has 9 heteroatoms. The van der Waals surface area contributed by atoms with Crippen molar-refractivity contribution in [3.8, 4) is 5.75 Å². The molecule has 2 amide bonds. The summed E-state index contributed by atoms with van der Waals surface area (Å²) >= 11 is 11.7. The van der Waals surface area contributed by atoms with Crippen LogP contribution in [0.25, 0.3) is 0 Å². The first-order valence-corrected chi connectivity index (χ1v) is 9.64. The van der Waals surface area contributed by atoms with E-state index in [1.807, 2.05) is 0 Å². The molecule has 0 unspecified atom stereocenters. The summed E-state index contributed by atoms with van der Waals surface area (Å²) in [5, 5.41) is 6.99. The van der Waals surface area contributed by atoms with Crippen molar-refractivity contribution in [3.63, 3.8) is 0 Å². The molecule has 31 heavy (non-hydrogen) atoms. The van der Waals surface area contributed by atoms with Crippen LogP contribution >= 0.6 is 23.2 Å². The molecule has 0 spiro atoms. The molecule has 3 rings (SSSR count). The Kier molecular flexibility index (Phi) is 7.37. The molecule has 0 aliphatic rings. The third-order valence-corrected chi connectivity index (χ3v) is 4.27. The Morgan fingerprint density at radius 3 is 2.29 bits per heavy atom. The zero-order chi connectivity index (χ0) is 22.2. The van der Waals surface area contributed by atoms with E-state index in [9.17, 15) is 14.4 Å². The van der Waals surface area contributed by atoms with Gasteiger partial charge in [0.1, 0.15) is 5.75 Å². The number of benzene rings is 3. The predicted octanol–water partition coefficient (Wildman–Crippen LogP) is 4.30. The van der Waals surface area contributed by atoms with E-state index in [1.165, 1.54) is 18.3 Å². The van der Waals surface area contributed by atoms with Crippen molar-refractivity contribution in [2.45, 2.75) is 0 Å². The number of halogens is 2. The molecule has 0 bridgehead atoms. The third kappa shape index (κ3) is 6.67. The Labute approximate surface area is 187 Å². The molecular formula is C22H15Cl2N3O4. The first kappa shape index (κ1) is 22.0. The van der Waals surface area contributed by atoms with Crippen molar-refractivity contribution in [1.82, 2.24) is 5.43 Å². The van der Waals surface area contributed by atoms with E-state index in [-0.39, 0.29) is 5.75 Å². The van der Waals surface area contributed by atoms with Gasteiger partial charge in [-0.05, 0) is 54.1 Å². The number of nitrogens with one attached hydrogen (secondary N) is 2. The average molecular weight is 456 g/mol. The Bertz CT molecular complexity index is 1160. The van der Waals surface area contributed by atoms with E-state index in [4.69, 9.17) is 27.9 Å². The molecule has 0 aromatic heterocycles. The van der Waals surface area contributed by atoms with Gasteiger partial charge in [0.2, 0.25) is 0 Å². The topological polar surface area (TPSA) is 96.9 Å². The normalized spacial score (nSPS) is 10.5. The Morgan fingerprint density at radius 1 is 0.839 bits per heavy atom. The lowest BCUT2D eigenvalue weighted by atomic mass is 10.2. The molecule has 156 valence electrons. The number of amides is 2. The molecule has 0 heterocycles. The molecule has 7 nitrogen and oxygen atoms in total. The minimum Gasteiger partial charge on any atom is -0.423 e. The maximum atomic E-state index is 12.2. The number of carbonyl (C=O) groups is 3. The minimum absolute atomic E-state index is 0.277. The highest BCUT2D eigenvalue weighted by Crippen LogP contribution is 2.17. The summed E-state index contributed by atoms with van der Waals surface area (Å²) in [7, 11) is 0. The monoisotopic (exact) mass is 455 g/mol. The lowest BCUT2D eigenvalue weighted by Gasteiger charge is -2.05. The molecule has 0 atom stereocenters. The SMILES string of the molecule is O=C(N/N=C/c1cccc(OC(=O)c2cccc(Cl)c2)c1)C(=O)Nc1cccc(Cl)c1. The van der Waals surface area contributed by atoms with Crippen molar-refractivity contribution in [1.29, 1.82) is 0 Å². The number of hydrogen-bond donors (Lipinski definition) is 2. The molecule has 0 aliphatic carbocycles. The Morgan fingerprint density at radius 2 is 1.55 bits per heavy atom. The molecule has 0 radical (unpaired) electrons. The van der Waals surface area contributed by atoms with Crippen LogP contribution in [0.2, 0.25) is 10.0 Å². The van der Waals surface area contributed by atoms with Crippen molar-refractivity contribution < 1.29 is 19.1 Å². The zero-order valence-electron chi connectivity index (χ0n) is 15.8. The summed E-state index contributed by atoms with van der Waals surface area (Å²) < 4.78 is 5.32. The van der Waals surface area contributed by atoms with Gasteiger partial charge in [-0.2, -0.15) is 5.10 Å². The molecule has 3 aromatic carbocycles. The fourth-order valence-corrected chi connectivity index (χ4v) is 2.79. The van der Waals surface area contributed by atoms with E-state index in [0.29, 0.717) is 26.9 Å². The number of hydrogen-bond acceptors (Lipinski definition) is 5. The summed E-state index contributed by atoms with van der Waals surface area (Å²) in [5.74, 6) is -2.15. The van der Waals surface area contributed by atoms with E-state index < -0.39 is 17.8 Å². The zero-order valence-corrected chi connectivity index (χ0v) is 17.4. The number of nitrogens with zero attached hydrogens (tertiary/aromatic N) is 1. The molecule has 0 fully saturated rings. The second kappa shape index (κ2) is 10.4. The minimum atomic E-state index is -0.959. The van der Waals surface area contributed by atoms with Gasteiger partial charge in [0.15, 0.2) is 0 Å². The van der Waals surface area contributed by atoms with Crippen molar-refractivity contribution in [2.24, 2.45) is 5.10 Å². The lowest BCUT2D eigenvalue weighted by Crippen LogP contribution is -2.32. The van der Waals surface area contributed by atoms with Crippen LogP contribution in [0.1, 0.15) is 15.9 Å². The van der Waals surface area contributed by atoms with Crippen molar-refractivity contribution >= 4 is 52.9 Å². The van der Waals surface area contributed by atoms with Gasteiger partial charge in [0.05, 0.1) is 11.8 Å². The number of ether oxygens (including phenoxy) is 1. The van der Waals surface area contributed by atoms with Crippen molar-refractivity contribution in [3.05, 3.63) is 94.0 Å². The highest BCUT2D eigenvalue weighted by molar-refractivity contribution is 6.39. The number of rotatable bonds is 5. The van der Waals surface area contributed by atoms with Crippen molar-refractivity contribution in [2.75, 3.05) is 5.32 Å². The lowest BCUT2D eigenvalue weighted by molar-refractivity contribution is -0.136. The summed E-state index contributed by atoms with van der Waals surface area (Å²) in [6.45, 7) is 0. The smallest absolute Gasteiger partial charge is 0.343 e. The van der Waals surface area contributed by atoms with Crippen LogP contribution in [0.5, 0.6) is 5.75 Å². The van der Waals surface area contributed by atoms with Crippen LogP contribution < -0.4 is 15.5 Å². The standard InChI is InChI=1S/C22H15Cl2N3O4/c23-16-6-2-5-15(11-16)22(30)31-19-9-1-4-14(10-19)13-25-27-21(29)20(28)26-18-8-3-7-17(24)12-18/h1-13H,(H,26,28)(H,27,29)/b25-13+. The van der Waals surface area contributed by atoms with Crippen LogP contribution in [-0.4, -0.2) is 24.0 Å². The first-order chi connectivity index (χ1) is 14.9. The average Bonchev–Trinajstić information content (AvgIpc) is 2.74. The van der Waals surface area contributed by atoms with E-state index in [0.717, 1.165) is 0 Å². The summed E-state index contributed by atoms with van der Waals surface area (Å²) in [6.07, 6.45) is 1.31. The molecule has 3 aromatic rings. The van der Waals surface area contributed by atoms with Gasteiger partial charge in [0.25, 0.3) is 0 Å². The molecule has 2 N–H and O–H groups in total. The van der Waals surface area contributed by atoms with Crippen LogP contribution in [-0.2, 0) is 9.59 Å². The maximum absolute atomic E-state index is 12.2. The Hall–Kier alpha value is -3.68. The van der Waals surface area contributed by atoms with Gasteiger partial charge < -0.3 is 10.1 Å². The van der Waals surface area contributed by atoms with E-state index >= 15 is 0 Å². The third-order valence-electron chi connectivity index (χ3n) is 3.80. The summed E-state index contributed by atoms with van der Waals surface area (Å²) in [5.41, 5.74) is 3.35. The van der Waals surface area contributed by atoms with Crippen LogP contribution in [0, 0.1) is 0 Å². The number of hydrazone groups is 1. The summed E-state index contributed by atoms with van der Waals surface area (Å²) in [6, 6.07) is 19.2. The molecular weight excluding hydrogens is 441 g/mol. The quantitative estimate of drug-likeness (QED) is 0.197. The fourth-order valence-electron chi connectivity index (χ4n) is 2.41. The van der Waals surface area contributed by atoms with Gasteiger partial charge in [-0.25, -0.2) is 10.2 Å². The Balaban J connectivity index is 1.56. The van der Waals surface area contributed by atoms with Gasteiger partial charge in [-0.1, -0.05) is 47.5 Å². The second-order valence-electron chi connectivity index (χ2n) is 6.14. The van der Waals surface area contributed by atoms with Gasteiger partial charge in [-0.3, -0.25) is 9.59 Å². The van der Waals surface area contributed by atoms with Gasteiger partial charge in [-0.15, -0.1) is 0 Å². The van der Waals surface area contributed by atoms with Crippen LogP contribution in [0.4, 0.5) is 5.69 Å². The highest BCUT2D eigenvalue weighted by atomic mass is 35.5. The number of carbonyl (C=O) groups excluding carboxylic acids is 3. The molecule has 0 aliphatic heterocycles. The number of anilines is 1. The largest absolute Gasteiger partial charge is 0.423 e. The van der Waals surface area contributed by atoms with Gasteiger partial charge >= 0.3 is 17.8 Å². The second-order valence-corrected chi connectivity index (χ2v) is 7.01. The van der Waals surface area contributed by atoms with Gasteiger partial charge in [0, 0.05) is 15.7 Å². The first-order valence-electron chi connectivity index (χ1n) is 8.88. The van der Waals surface area contributed by atoms with E-state index in [2.05, 4.69) is 15.8 Å².